The zero-order valence-corrected chi connectivity index (χ0v) is 35.6. The van der Waals surface area contributed by atoms with Crippen LogP contribution in [0.15, 0.2) is 97.2 Å². The van der Waals surface area contributed by atoms with Crippen molar-refractivity contribution >= 4 is 13.7 Å². The molecule has 0 fully saturated rings. The molecule has 0 saturated heterocycles. The number of likely N-dealkylation sites (N-methyl/N-ethyl adjacent to an activating group) is 1. The van der Waals surface area contributed by atoms with Crippen molar-refractivity contribution in [3.8, 4) is 0 Å². The first-order valence-electron chi connectivity index (χ1n) is 20.6. The summed E-state index contributed by atoms with van der Waals surface area (Å²) in [5.74, 6) is -0.230. The van der Waals surface area contributed by atoms with Crippen molar-refractivity contribution in [2.45, 2.75) is 142 Å². The molecule has 3 unspecified atom stereocenters. The number of quaternary nitrogens is 1. The van der Waals surface area contributed by atoms with Crippen LogP contribution >= 0.6 is 7.82 Å². The number of unbranched alkanes of at least 4 members (excludes halogenated alkanes) is 8. The summed E-state index contributed by atoms with van der Waals surface area (Å²) in [7, 11) is 1.50. The van der Waals surface area contributed by atoms with E-state index >= 15 is 0 Å². The average molecular weight is 774 g/mol. The molecule has 0 aromatic rings. The minimum atomic E-state index is -4.36. The molecule has 1 amide bonds. The minimum absolute atomic E-state index is 0.0408. The van der Waals surface area contributed by atoms with E-state index in [1.165, 1.54) is 19.3 Å². The van der Waals surface area contributed by atoms with Crippen molar-refractivity contribution in [3.05, 3.63) is 97.2 Å². The monoisotopic (exact) mass is 774 g/mol. The number of amides is 1. The highest BCUT2D eigenvalue weighted by molar-refractivity contribution is 7.47. The van der Waals surface area contributed by atoms with Gasteiger partial charge >= 0.3 is 7.82 Å². The van der Waals surface area contributed by atoms with Gasteiger partial charge in [-0.25, -0.2) is 4.57 Å². The molecule has 0 aromatic carbocycles. The van der Waals surface area contributed by atoms with Gasteiger partial charge in [-0.3, -0.25) is 13.8 Å². The lowest BCUT2D eigenvalue weighted by molar-refractivity contribution is -0.870. The van der Waals surface area contributed by atoms with E-state index in [4.69, 9.17) is 9.05 Å². The Labute approximate surface area is 330 Å². The summed E-state index contributed by atoms with van der Waals surface area (Å²) in [6, 6.07) is -0.892. The molecular weight excluding hydrogens is 695 g/mol. The number of nitrogens with zero attached hydrogens (tertiary/aromatic N) is 1. The highest BCUT2D eigenvalue weighted by Gasteiger charge is 2.27. The van der Waals surface area contributed by atoms with Gasteiger partial charge in [-0.05, 0) is 89.9 Å². The second-order valence-corrected chi connectivity index (χ2v) is 16.1. The normalized spacial score (nSPS) is 15.5. The first-order valence-corrected chi connectivity index (χ1v) is 22.1. The third-order valence-electron chi connectivity index (χ3n) is 8.27. The van der Waals surface area contributed by atoms with Gasteiger partial charge in [-0.15, -0.1) is 0 Å². The molecule has 0 heterocycles. The van der Waals surface area contributed by atoms with E-state index in [-0.39, 0.29) is 19.1 Å². The topological polar surface area (TPSA) is 105 Å². The van der Waals surface area contributed by atoms with Gasteiger partial charge in [0.05, 0.1) is 39.9 Å². The molecule has 8 nitrogen and oxygen atoms in total. The second-order valence-electron chi connectivity index (χ2n) is 14.6. The number of rotatable bonds is 35. The lowest BCUT2D eigenvalue weighted by Gasteiger charge is -2.25. The van der Waals surface area contributed by atoms with E-state index < -0.39 is 20.0 Å². The first kappa shape index (κ1) is 51.4. The predicted molar refractivity (Wildman–Crippen MR) is 230 cm³/mol. The number of carbonyl (C=O) groups is 1. The number of nitrogens with one attached hydrogen (secondary N) is 1. The summed E-state index contributed by atoms with van der Waals surface area (Å²) >= 11 is 0. The summed E-state index contributed by atoms with van der Waals surface area (Å²) in [5.41, 5.74) is 0. The quantitative estimate of drug-likeness (QED) is 0.0256. The van der Waals surface area contributed by atoms with E-state index in [1.807, 2.05) is 27.2 Å². The van der Waals surface area contributed by atoms with Crippen LogP contribution in [0.4, 0.5) is 0 Å². The number of phosphoric ester groups is 1. The van der Waals surface area contributed by atoms with Gasteiger partial charge in [0.15, 0.2) is 0 Å². The summed E-state index contributed by atoms with van der Waals surface area (Å²) < 4.78 is 23.4. The molecule has 0 aliphatic rings. The van der Waals surface area contributed by atoms with Gasteiger partial charge in [0.25, 0.3) is 0 Å². The lowest BCUT2D eigenvalue weighted by Crippen LogP contribution is -2.45. The maximum absolute atomic E-state index is 12.8. The summed E-state index contributed by atoms with van der Waals surface area (Å²) in [5, 5.41) is 13.7. The van der Waals surface area contributed by atoms with Crippen LogP contribution in [0.1, 0.15) is 129 Å². The van der Waals surface area contributed by atoms with Gasteiger partial charge in [-0.1, -0.05) is 130 Å². The molecule has 3 atom stereocenters. The number of aliphatic hydroxyl groups is 1. The van der Waals surface area contributed by atoms with Crippen LogP contribution in [0.3, 0.4) is 0 Å². The fourth-order valence-corrected chi connectivity index (χ4v) is 5.71. The van der Waals surface area contributed by atoms with E-state index in [0.717, 1.165) is 83.5 Å². The predicted octanol–water partition coefficient (Wildman–Crippen LogP) is 11.2. The Morgan fingerprint density at radius 1 is 0.648 bits per heavy atom. The molecule has 9 heteroatoms. The zero-order valence-electron chi connectivity index (χ0n) is 34.7. The minimum Gasteiger partial charge on any atom is -0.387 e. The van der Waals surface area contributed by atoms with E-state index in [9.17, 15) is 19.4 Å². The van der Waals surface area contributed by atoms with Gasteiger partial charge in [-0.2, -0.15) is 0 Å². The molecule has 0 saturated carbocycles. The van der Waals surface area contributed by atoms with Crippen molar-refractivity contribution in [1.29, 1.82) is 0 Å². The molecule has 0 aromatic heterocycles. The molecule has 54 heavy (non-hydrogen) atoms. The molecule has 0 radical (unpaired) electrons. The smallest absolute Gasteiger partial charge is 0.387 e. The number of phosphoric acid groups is 1. The summed E-state index contributed by atoms with van der Waals surface area (Å²) in [6.07, 6.45) is 50.5. The zero-order chi connectivity index (χ0) is 40.0. The van der Waals surface area contributed by atoms with Crippen molar-refractivity contribution in [3.63, 3.8) is 0 Å². The third-order valence-corrected chi connectivity index (χ3v) is 9.25. The van der Waals surface area contributed by atoms with E-state index in [1.54, 1.807) is 6.08 Å². The largest absolute Gasteiger partial charge is 0.472 e. The molecule has 0 bridgehead atoms. The highest BCUT2D eigenvalue weighted by Crippen LogP contribution is 2.43. The van der Waals surface area contributed by atoms with Crippen LogP contribution in [-0.2, 0) is 18.4 Å². The maximum atomic E-state index is 12.8. The molecule has 0 aliphatic carbocycles. The van der Waals surface area contributed by atoms with Gasteiger partial charge < -0.3 is 19.8 Å². The Hall–Kier alpha value is -2.58. The fourth-order valence-electron chi connectivity index (χ4n) is 4.98. The van der Waals surface area contributed by atoms with Crippen molar-refractivity contribution in [2.75, 3.05) is 40.9 Å². The Morgan fingerprint density at radius 2 is 1.13 bits per heavy atom. The molecule has 308 valence electrons. The standard InChI is InChI=1S/C45H77N2O6P/c1-6-8-10-12-14-16-18-20-21-22-23-24-25-27-29-31-33-35-37-39-45(49)46-43(42-53-54(50,51)52-41-40-47(3,4)5)44(48)38-36-34-32-30-28-26-19-17-15-13-11-9-7-2/h8,10,14-17,20-21,23-24,27-30,36,38,43-44,48H,6-7,9,11-13,18-19,22,25-26,31-35,37,39-42H2,1-5H3,(H-,46,49,50,51)/p+1/b10-8-,16-14-,17-15+,21-20-,24-23-,29-27-,30-28+,38-36+. The Balaban J connectivity index is 4.62. The van der Waals surface area contributed by atoms with Gasteiger partial charge in [0.2, 0.25) is 5.91 Å². The number of aliphatic hydroxyl groups excluding tert-OH is 1. The van der Waals surface area contributed by atoms with Crippen LogP contribution in [-0.4, -0.2) is 73.4 Å². The lowest BCUT2D eigenvalue weighted by atomic mass is 10.1. The second kappa shape index (κ2) is 36.1. The van der Waals surface area contributed by atoms with Crippen molar-refractivity contribution < 1.29 is 32.9 Å². The third kappa shape index (κ3) is 37.7. The first-order chi connectivity index (χ1) is 26.0. The van der Waals surface area contributed by atoms with Crippen LogP contribution < -0.4 is 5.32 Å². The molecule has 3 N–H and O–H groups in total. The number of hydrogen-bond acceptors (Lipinski definition) is 5. The van der Waals surface area contributed by atoms with E-state index in [0.29, 0.717) is 23.9 Å². The average Bonchev–Trinajstić information content (AvgIpc) is 3.12. The Morgan fingerprint density at radius 3 is 1.67 bits per heavy atom. The molecule has 0 aliphatic heterocycles. The van der Waals surface area contributed by atoms with Crippen molar-refractivity contribution in [1.82, 2.24) is 5.32 Å². The van der Waals surface area contributed by atoms with Crippen LogP contribution in [0.25, 0.3) is 0 Å². The Bertz CT molecular complexity index is 1190. The Kier molecular flexibility index (Phi) is 34.4. The van der Waals surface area contributed by atoms with Gasteiger partial charge in [0, 0.05) is 6.42 Å². The fraction of sp³-hybridized carbons (Fsp3) is 0.622. The van der Waals surface area contributed by atoms with Crippen LogP contribution in [0, 0.1) is 0 Å². The van der Waals surface area contributed by atoms with Crippen LogP contribution in [0.5, 0.6) is 0 Å². The van der Waals surface area contributed by atoms with Gasteiger partial charge in [0.1, 0.15) is 13.2 Å². The molecule has 0 rings (SSSR count). The summed E-state index contributed by atoms with van der Waals surface area (Å²) in [6.45, 7) is 4.57. The maximum Gasteiger partial charge on any atom is 0.472 e. The SMILES string of the molecule is CC/C=C\C/C=C\C/C=C\C/C=C\C/C=C\CCCCCC(=O)NC(COP(=O)(O)OCC[N+](C)(C)C)C(O)/C=C/CC/C=C/CC/C=C/CCCCC. The highest BCUT2D eigenvalue weighted by atomic mass is 31.2. The van der Waals surface area contributed by atoms with Crippen molar-refractivity contribution in [2.24, 2.45) is 0 Å². The number of carbonyl (C=O) groups excluding carboxylic acids is 1. The van der Waals surface area contributed by atoms with E-state index in [2.05, 4.69) is 104 Å². The number of allylic oxidation sites excluding steroid dienone is 15. The molecular formula is C45H78N2O6P+. The number of hydrogen-bond donors (Lipinski definition) is 3. The molecule has 0 spiro atoms. The van der Waals surface area contributed by atoms with Crippen LogP contribution in [0.2, 0.25) is 0 Å². The summed E-state index contributed by atoms with van der Waals surface area (Å²) in [4.78, 5) is 23.0.